The molecule has 0 fully saturated rings. The molecule has 0 aliphatic carbocycles. The molecule has 306 valence electrons. The smallest absolute Gasteiger partial charge is 0.0547 e. The van der Waals surface area contributed by atoms with Gasteiger partial charge in [-0.15, -0.1) is 11.3 Å². The lowest BCUT2D eigenvalue weighted by Crippen LogP contribution is -2.10. The molecular formula is C62H42N2S. The topological polar surface area (TPSA) is 8.17 Å². The van der Waals surface area contributed by atoms with E-state index in [4.69, 9.17) is 0 Å². The van der Waals surface area contributed by atoms with Crippen molar-refractivity contribution in [3.63, 3.8) is 0 Å². The van der Waals surface area contributed by atoms with Crippen LogP contribution in [-0.2, 0) is 0 Å². The fraction of sp³-hybridized carbons (Fsp3) is 0. The van der Waals surface area contributed by atoms with Gasteiger partial charge in [0, 0.05) is 53.7 Å². The summed E-state index contributed by atoms with van der Waals surface area (Å²) in [6.45, 7) is 0. The molecule has 0 N–H and O–H groups in total. The monoisotopic (exact) mass is 846 g/mol. The molecule has 10 aromatic carbocycles. The lowest BCUT2D eigenvalue weighted by atomic mass is 9.91. The summed E-state index contributed by atoms with van der Waals surface area (Å²) in [6, 6.07) is 90.5. The SMILES string of the molecule is C(=C(/c1ccc(-c2ccccc2)cc1)c1cc(-c2ccc3c4ccccc4n(-c4ccccc4)c3c2)cc(N(c2ccccc2)c2ccc3sc4ccccc4c3c2)c1)/c1ccccc1. The molecule has 0 unspecified atom stereocenters. The van der Waals surface area contributed by atoms with Crippen molar-refractivity contribution < 1.29 is 0 Å². The number of benzene rings is 10. The van der Waals surface area contributed by atoms with Gasteiger partial charge in [-0.25, -0.2) is 0 Å². The molecule has 12 rings (SSSR count). The summed E-state index contributed by atoms with van der Waals surface area (Å²) in [5.41, 5.74) is 16.0. The summed E-state index contributed by atoms with van der Waals surface area (Å²) >= 11 is 1.85. The van der Waals surface area contributed by atoms with E-state index in [9.17, 15) is 0 Å². The number of nitrogens with zero attached hydrogens (tertiary/aromatic N) is 2. The molecule has 0 aliphatic rings. The molecule has 0 saturated heterocycles. The van der Waals surface area contributed by atoms with Crippen molar-refractivity contribution in [3.05, 3.63) is 265 Å². The first-order chi connectivity index (χ1) is 32.2. The molecule has 0 saturated carbocycles. The number of para-hydroxylation sites is 3. The average molecular weight is 847 g/mol. The highest BCUT2D eigenvalue weighted by Crippen LogP contribution is 2.44. The summed E-state index contributed by atoms with van der Waals surface area (Å²) in [7, 11) is 0. The van der Waals surface area contributed by atoms with Gasteiger partial charge in [0.2, 0.25) is 0 Å². The van der Waals surface area contributed by atoms with Gasteiger partial charge in [0.05, 0.1) is 11.0 Å². The summed E-state index contributed by atoms with van der Waals surface area (Å²) < 4.78 is 4.99. The van der Waals surface area contributed by atoms with Crippen molar-refractivity contribution in [3.8, 4) is 27.9 Å². The number of rotatable bonds is 9. The van der Waals surface area contributed by atoms with Crippen molar-refractivity contribution in [1.29, 1.82) is 0 Å². The van der Waals surface area contributed by atoms with Crippen LogP contribution in [0.5, 0.6) is 0 Å². The Labute approximate surface area is 382 Å². The van der Waals surface area contributed by atoms with Crippen molar-refractivity contribution in [2.24, 2.45) is 0 Å². The van der Waals surface area contributed by atoms with Crippen molar-refractivity contribution in [2.75, 3.05) is 4.90 Å². The van der Waals surface area contributed by atoms with E-state index < -0.39 is 0 Å². The van der Waals surface area contributed by atoms with Crippen LogP contribution in [0.3, 0.4) is 0 Å². The first kappa shape index (κ1) is 38.4. The third kappa shape index (κ3) is 7.19. The van der Waals surface area contributed by atoms with Crippen LogP contribution in [-0.4, -0.2) is 4.57 Å². The van der Waals surface area contributed by atoms with Gasteiger partial charge in [-0.1, -0.05) is 170 Å². The maximum atomic E-state index is 2.43. The molecule has 12 aromatic rings. The Morgan fingerprint density at radius 3 is 1.75 bits per heavy atom. The quantitative estimate of drug-likeness (QED) is 0.131. The second kappa shape index (κ2) is 16.5. The zero-order chi connectivity index (χ0) is 43.1. The molecule has 3 heteroatoms. The molecular weight excluding hydrogens is 805 g/mol. The summed E-state index contributed by atoms with van der Waals surface area (Å²) in [5.74, 6) is 0. The maximum absolute atomic E-state index is 2.43. The van der Waals surface area contributed by atoms with Gasteiger partial charge in [0.1, 0.15) is 0 Å². The fourth-order valence-corrected chi connectivity index (χ4v) is 10.6. The molecule has 2 aromatic heterocycles. The van der Waals surface area contributed by atoms with Gasteiger partial charge in [-0.2, -0.15) is 0 Å². The van der Waals surface area contributed by atoms with Crippen LogP contribution in [0.15, 0.2) is 249 Å². The largest absolute Gasteiger partial charge is 0.310 e. The van der Waals surface area contributed by atoms with Crippen LogP contribution in [0.2, 0.25) is 0 Å². The predicted molar refractivity (Wildman–Crippen MR) is 279 cm³/mol. The first-order valence-corrected chi connectivity index (χ1v) is 23.0. The third-order valence-electron chi connectivity index (χ3n) is 12.6. The fourth-order valence-electron chi connectivity index (χ4n) is 9.47. The van der Waals surface area contributed by atoms with Crippen LogP contribution in [0.1, 0.15) is 16.7 Å². The lowest BCUT2D eigenvalue weighted by Gasteiger charge is -2.27. The zero-order valence-corrected chi connectivity index (χ0v) is 36.4. The Bertz CT molecular complexity index is 3680. The van der Waals surface area contributed by atoms with Crippen LogP contribution in [0.4, 0.5) is 17.1 Å². The van der Waals surface area contributed by atoms with E-state index in [0.29, 0.717) is 0 Å². The van der Waals surface area contributed by atoms with E-state index in [1.54, 1.807) is 0 Å². The van der Waals surface area contributed by atoms with Crippen molar-refractivity contribution >= 4 is 82.0 Å². The Morgan fingerprint density at radius 1 is 0.354 bits per heavy atom. The highest BCUT2D eigenvalue weighted by Gasteiger charge is 2.20. The van der Waals surface area contributed by atoms with E-state index in [-0.39, 0.29) is 0 Å². The van der Waals surface area contributed by atoms with E-state index in [0.717, 1.165) is 56.1 Å². The molecule has 2 nitrogen and oxygen atoms in total. The lowest BCUT2D eigenvalue weighted by molar-refractivity contribution is 1.18. The zero-order valence-electron chi connectivity index (χ0n) is 35.6. The Hall–Kier alpha value is -8.24. The Balaban J connectivity index is 1.12. The first-order valence-electron chi connectivity index (χ1n) is 22.2. The maximum Gasteiger partial charge on any atom is 0.0547 e. The highest BCUT2D eigenvalue weighted by molar-refractivity contribution is 7.25. The van der Waals surface area contributed by atoms with E-state index in [1.807, 2.05) is 11.3 Å². The van der Waals surface area contributed by atoms with E-state index >= 15 is 0 Å². The highest BCUT2D eigenvalue weighted by atomic mass is 32.1. The minimum atomic E-state index is 1.08. The molecule has 0 aliphatic heterocycles. The van der Waals surface area contributed by atoms with Gasteiger partial charge in [0.15, 0.2) is 0 Å². The number of hydrogen-bond acceptors (Lipinski definition) is 2. The van der Waals surface area contributed by atoms with E-state index in [1.165, 1.54) is 53.1 Å². The summed E-state index contributed by atoms with van der Waals surface area (Å²) in [5, 5.41) is 5.02. The second-order valence-corrected chi connectivity index (χ2v) is 17.6. The second-order valence-electron chi connectivity index (χ2n) is 16.6. The van der Waals surface area contributed by atoms with Crippen molar-refractivity contribution in [2.45, 2.75) is 0 Å². The normalized spacial score (nSPS) is 11.8. The number of anilines is 3. The van der Waals surface area contributed by atoms with Gasteiger partial charge in [-0.05, 0) is 129 Å². The molecule has 0 amide bonds. The van der Waals surface area contributed by atoms with Crippen molar-refractivity contribution in [1.82, 2.24) is 4.57 Å². The standard InChI is InChI=1S/C62H42N2S/c1-5-17-43(18-6-1)37-57(46-31-29-45(30-32-46)44-19-7-2-8-20-44)49-38-48(47-33-35-55-54-25-13-15-27-59(54)64(60(55)41-47)51-23-11-4-12-24-51)39-53(40-49)63(50-21-9-3-10-22-50)52-34-36-62-58(42-52)56-26-14-16-28-61(56)65-62/h1-42H/b57-37+. The number of thiophene rings is 1. The number of fused-ring (bicyclic) bond motifs is 6. The molecule has 0 atom stereocenters. The summed E-state index contributed by atoms with van der Waals surface area (Å²) in [6.07, 6.45) is 2.34. The minimum absolute atomic E-state index is 1.08. The molecule has 65 heavy (non-hydrogen) atoms. The van der Waals surface area contributed by atoms with Crippen LogP contribution >= 0.6 is 11.3 Å². The van der Waals surface area contributed by atoms with Gasteiger partial charge >= 0.3 is 0 Å². The van der Waals surface area contributed by atoms with Gasteiger partial charge in [-0.3, -0.25) is 0 Å². The van der Waals surface area contributed by atoms with Gasteiger partial charge in [0.25, 0.3) is 0 Å². The predicted octanol–water partition coefficient (Wildman–Crippen LogP) is 17.5. The summed E-state index contributed by atoms with van der Waals surface area (Å²) in [4.78, 5) is 2.43. The Morgan fingerprint density at radius 2 is 0.969 bits per heavy atom. The van der Waals surface area contributed by atoms with Gasteiger partial charge < -0.3 is 9.47 Å². The van der Waals surface area contributed by atoms with E-state index in [2.05, 4.69) is 264 Å². The molecule has 2 heterocycles. The third-order valence-corrected chi connectivity index (χ3v) is 13.7. The number of hydrogen-bond donors (Lipinski definition) is 0. The van der Waals surface area contributed by atoms with Crippen LogP contribution in [0.25, 0.3) is 81.6 Å². The minimum Gasteiger partial charge on any atom is -0.310 e. The molecule has 0 radical (unpaired) electrons. The Kier molecular flexibility index (Phi) is 9.74. The number of aromatic nitrogens is 1. The molecule has 0 bridgehead atoms. The average Bonchev–Trinajstić information content (AvgIpc) is 3.92. The van der Waals surface area contributed by atoms with Crippen LogP contribution < -0.4 is 4.90 Å². The van der Waals surface area contributed by atoms with Crippen LogP contribution in [0, 0.1) is 0 Å². The molecule has 0 spiro atoms.